The Hall–Kier alpha value is -1.04. The summed E-state index contributed by atoms with van der Waals surface area (Å²) in [6.07, 6.45) is 0.295. The number of amides is 1. The quantitative estimate of drug-likeness (QED) is 0.718. The lowest BCUT2D eigenvalue weighted by Crippen LogP contribution is -2.53. The molecule has 0 aliphatic carbocycles. The number of piperidine rings is 1. The van der Waals surface area contributed by atoms with E-state index in [1.165, 1.54) is 17.3 Å². The van der Waals surface area contributed by atoms with Gasteiger partial charge in [0.25, 0.3) is 0 Å². The molecule has 1 aliphatic heterocycles. The summed E-state index contributed by atoms with van der Waals surface area (Å²) < 4.78 is 0. The van der Waals surface area contributed by atoms with E-state index >= 15 is 0 Å². The molecule has 0 aromatic heterocycles. The van der Waals surface area contributed by atoms with Crippen molar-refractivity contribution in [2.24, 2.45) is 0 Å². The summed E-state index contributed by atoms with van der Waals surface area (Å²) >= 11 is 1.54. The van der Waals surface area contributed by atoms with E-state index in [1.54, 1.807) is 0 Å². The number of hydrogen-bond acceptors (Lipinski definition) is 4. The summed E-state index contributed by atoms with van der Waals surface area (Å²) in [5.74, 6) is 0.376. The molecule has 0 saturated carbocycles. The zero-order chi connectivity index (χ0) is 13.7. The standard InChI is InChI=1S/C14H20N2O2S/c1-10-4-2-3-5-13(10)19-9-14(18)16-11-6-7-15-8-12(11)17/h2-5,11-12,15,17H,6-9H2,1H3,(H,16,18). The van der Waals surface area contributed by atoms with Crippen LogP contribution < -0.4 is 10.6 Å². The fourth-order valence-electron chi connectivity index (χ4n) is 2.12. The maximum Gasteiger partial charge on any atom is 0.230 e. The van der Waals surface area contributed by atoms with E-state index in [1.807, 2.05) is 31.2 Å². The van der Waals surface area contributed by atoms with Gasteiger partial charge in [0.2, 0.25) is 5.91 Å². The molecule has 1 aromatic rings. The molecule has 2 rings (SSSR count). The van der Waals surface area contributed by atoms with Gasteiger partial charge in [-0.1, -0.05) is 18.2 Å². The molecule has 2 atom stereocenters. The first-order chi connectivity index (χ1) is 9.16. The fourth-order valence-corrected chi connectivity index (χ4v) is 2.96. The third-order valence-corrected chi connectivity index (χ3v) is 4.42. The average Bonchev–Trinajstić information content (AvgIpc) is 2.40. The molecule has 0 bridgehead atoms. The average molecular weight is 280 g/mol. The highest BCUT2D eigenvalue weighted by atomic mass is 32.2. The first-order valence-electron chi connectivity index (χ1n) is 6.53. The highest BCUT2D eigenvalue weighted by Gasteiger charge is 2.24. The minimum absolute atomic E-state index is 0.0146. The minimum Gasteiger partial charge on any atom is -0.390 e. The van der Waals surface area contributed by atoms with Crippen LogP contribution in [-0.4, -0.2) is 42.0 Å². The van der Waals surface area contributed by atoms with E-state index in [0.717, 1.165) is 17.9 Å². The van der Waals surface area contributed by atoms with Gasteiger partial charge in [0.05, 0.1) is 17.9 Å². The van der Waals surface area contributed by atoms with E-state index in [-0.39, 0.29) is 11.9 Å². The fraction of sp³-hybridized carbons (Fsp3) is 0.500. The van der Waals surface area contributed by atoms with Crippen LogP contribution in [0.3, 0.4) is 0 Å². The Morgan fingerprint density at radius 2 is 2.32 bits per heavy atom. The number of β-amino-alcohol motifs (C(OH)–C–C–N with tert-alkyl or cyclic N) is 1. The molecular weight excluding hydrogens is 260 g/mol. The summed E-state index contributed by atoms with van der Waals surface area (Å²) in [5.41, 5.74) is 1.18. The number of rotatable bonds is 4. The number of thioether (sulfide) groups is 1. The summed E-state index contributed by atoms with van der Waals surface area (Å²) in [5, 5.41) is 15.8. The normalized spacial score (nSPS) is 23.1. The molecule has 0 spiro atoms. The van der Waals surface area contributed by atoms with Crippen LogP contribution in [0.4, 0.5) is 0 Å². The molecule has 1 aromatic carbocycles. The van der Waals surface area contributed by atoms with Gasteiger partial charge in [0.1, 0.15) is 0 Å². The van der Waals surface area contributed by atoms with E-state index in [4.69, 9.17) is 0 Å². The molecule has 1 amide bonds. The number of benzene rings is 1. The van der Waals surface area contributed by atoms with Crippen LogP contribution in [0.25, 0.3) is 0 Å². The van der Waals surface area contributed by atoms with Gasteiger partial charge in [-0.15, -0.1) is 11.8 Å². The van der Waals surface area contributed by atoms with Crippen LogP contribution in [0.2, 0.25) is 0 Å². The Labute approximate surface area is 118 Å². The molecule has 4 nitrogen and oxygen atoms in total. The zero-order valence-corrected chi connectivity index (χ0v) is 11.9. The van der Waals surface area contributed by atoms with Crippen molar-refractivity contribution in [1.29, 1.82) is 0 Å². The number of nitrogens with one attached hydrogen (secondary N) is 2. The van der Waals surface area contributed by atoms with Crippen LogP contribution in [0.1, 0.15) is 12.0 Å². The minimum atomic E-state index is -0.485. The Morgan fingerprint density at radius 3 is 3.05 bits per heavy atom. The second-order valence-corrected chi connectivity index (χ2v) is 5.81. The van der Waals surface area contributed by atoms with Gasteiger partial charge in [0.15, 0.2) is 0 Å². The number of aliphatic hydroxyl groups excluding tert-OH is 1. The SMILES string of the molecule is Cc1ccccc1SCC(=O)NC1CCNCC1O. The number of carbonyl (C=O) groups excluding carboxylic acids is 1. The smallest absolute Gasteiger partial charge is 0.230 e. The molecule has 5 heteroatoms. The largest absolute Gasteiger partial charge is 0.390 e. The van der Waals surface area contributed by atoms with Gasteiger partial charge in [-0.25, -0.2) is 0 Å². The number of carbonyl (C=O) groups is 1. The van der Waals surface area contributed by atoms with Crippen LogP contribution in [0.15, 0.2) is 29.2 Å². The highest BCUT2D eigenvalue weighted by molar-refractivity contribution is 8.00. The van der Waals surface area contributed by atoms with Crippen molar-refractivity contribution < 1.29 is 9.90 Å². The lowest BCUT2D eigenvalue weighted by atomic mass is 10.0. The molecule has 104 valence electrons. The topological polar surface area (TPSA) is 61.4 Å². The molecule has 1 saturated heterocycles. The monoisotopic (exact) mass is 280 g/mol. The van der Waals surface area contributed by atoms with Gasteiger partial charge in [-0.3, -0.25) is 4.79 Å². The number of aryl methyl sites for hydroxylation is 1. The zero-order valence-electron chi connectivity index (χ0n) is 11.1. The maximum atomic E-state index is 11.9. The van der Waals surface area contributed by atoms with Crippen molar-refractivity contribution in [2.45, 2.75) is 30.4 Å². The van der Waals surface area contributed by atoms with Crippen LogP contribution in [0, 0.1) is 6.92 Å². The Balaban J connectivity index is 1.80. The van der Waals surface area contributed by atoms with Crippen LogP contribution in [-0.2, 0) is 4.79 Å². The van der Waals surface area contributed by atoms with Crippen LogP contribution in [0.5, 0.6) is 0 Å². The van der Waals surface area contributed by atoms with E-state index in [9.17, 15) is 9.90 Å². The predicted molar refractivity (Wildman–Crippen MR) is 77.3 cm³/mol. The number of hydrogen-bond donors (Lipinski definition) is 3. The van der Waals surface area contributed by atoms with Gasteiger partial charge >= 0.3 is 0 Å². The van der Waals surface area contributed by atoms with Crippen molar-refractivity contribution in [3.05, 3.63) is 29.8 Å². The molecule has 1 aliphatic rings. The van der Waals surface area contributed by atoms with Gasteiger partial charge < -0.3 is 15.7 Å². The lowest BCUT2D eigenvalue weighted by molar-refractivity contribution is -0.120. The first-order valence-corrected chi connectivity index (χ1v) is 7.52. The van der Waals surface area contributed by atoms with Gasteiger partial charge in [-0.2, -0.15) is 0 Å². The Kier molecular flexibility index (Phi) is 5.24. The highest BCUT2D eigenvalue weighted by Crippen LogP contribution is 2.21. The summed E-state index contributed by atoms with van der Waals surface area (Å²) in [6, 6.07) is 7.91. The molecular formula is C14H20N2O2S. The Morgan fingerprint density at radius 1 is 1.53 bits per heavy atom. The number of aliphatic hydroxyl groups is 1. The molecule has 0 radical (unpaired) electrons. The van der Waals surface area contributed by atoms with E-state index in [2.05, 4.69) is 10.6 Å². The van der Waals surface area contributed by atoms with E-state index in [0.29, 0.717) is 12.3 Å². The Bertz CT molecular complexity index is 439. The van der Waals surface area contributed by atoms with Crippen molar-refractivity contribution in [1.82, 2.24) is 10.6 Å². The second kappa shape index (κ2) is 6.93. The molecule has 3 N–H and O–H groups in total. The first kappa shape index (κ1) is 14.4. The molecule has 1 fully saturated rings. The molecule has 19 heavy (non-hydrogen) atoms. The lowest BCUT2D eigenvalue weighted by Gasteiger charge is -2.29. The molecule has 1 heterocycles. The van der Waals surface area contributed by atoms with Crippen molar-refractivity contribution >= 4 is 17.7 Å². The van der Waals surface area contributed by atoms with Crippen molar-refractivity contribution in [2.75, 3.05) is 18.8 Å². The summed E-state index contributed by atoms with van der Waals surface area (Å²) in [7, 11) is 0. The van der Waals surface area contributed by atoms with Gasteiger partial charge in [0, 0.05) is 11.4 Å². The van der Waals surface area contributed by atoms with Crippen LogP contribution >= 0.6 is 11.8 Å². The van der Waals surface area contributed by atoms with Gasteiger partial charge in [-0.05, 0) is 31.5 Å². The summed E-state index contributed by atoms with van der Waals surface area (Å²) in [4.78, 5) is 13.0. The van der Waals surface area contributed by atoms with Crippen molar-refractivity contribution in [3.8, 4) is 0 Å². The third kappa shape index (κ3) is 4.23. The van der Waals surface area contributed by atoms with Crippen molar-refractivity contribution in [3.63, 3.8) is 0 Å². The molecule has 2 unspecified atom stereocenters. The predicted octanol–water partition coefficient (Wildman–Crippen LogP) is 0.926. The third-order valence-electron chi connectivity index (χ3n) is 3.25. The van der Waals surface area contributed by atoms with E-state index < -0.39 is 6.10 Å². The maximum absolute atomic E-state index is 11.9. The summed E-state index contributed by atoms with van der Waals surface area (Å²) in [6.45, 7) is 3.43. The second-order valence-electron chi connectivity index (χ2n) is 4.79.